The van der Waals surface area contributed by atoms with Crippen LogP contribution in [0.15, 0.2) is 30.5 Å². The Labute approximate surface area is 153 Å². The van der Waals surface area contributed by atoms with E-state index in [1.54, 1.807) is 22.7 Å². The van der Waals surface area contributed by atoms with Crippen molar-refractivity contribution in [3.05, 3.63) is 47.3 Å². The SMILES string of the molecule is CCOC(=O)[C@H]1CCCN(C(=O)c2cnn(-c3ccc(C)cc3)c2C)C1. The van der Waals surface area contributed by atoms with Crippen molar-refractivity contribution in [3.8, 4) is 5.69 Å². The van der Waals surface area contributed by atoms with Gasteiger partial charge in [-0.2, -0.15) is 5.10 Å². The number of amides is 1. The molecule has 1 atom stereocenters. The number of rotatable bonds is 4. The van der Waals surface area contributed by atoms with Gasteiger partial charge >= 0.3 is 5.97 Å². The Morgan fingerprint density at radius 2 is 1.96 bits per heavy atom. The van der Waals surface area contributed by atoms with Gasteiger partial charge in [-0.1, -0.05) is 17.7 Å². The quantitative estimate of drug-likeness (QED) is 0.791. The van der Waals surface area contributed by atoms with Crippen LogP contribution in [0.2, 0.25) is 0 Å². The van der Waals surface area contributed by atoms with Crippen molar-refractivity contribution in [1.82, 2.24) is 14.7 Å². The summed E-state index contributed by atoms with van der Waals surface area (Å²) in [5.74, 6) is -0.521. The lowest BCUT2D eigenvalue weighted by Gasteiger charge is -2.31. The topological polar surface area (TPSA) is 64.4 Å². The minimum Gasteiger partial charge on any atom is -0.466 e. The molecule has 0 aliphatic carbocycles. The summed E-state index contributed by atoms with van der Waals surface area (Å²) < 4.78 is 6.89. The lowest BCUT2D eigenvalue weighted by Crippen LogP contribution is -2.43. The Hall–Kier alpha value is -2.63. The normalized spacial score (nSPS) is 17.2. The fraction of sp³-hybridized carbons (Fsp3) is 0.450. The van der Waals surface area contributed by atoms with E-state index >= 15 is 0 Å². The zero-order valence-corrected chi connectivity index (χ0v) is 15.6. The van der Waals surface area contributed by atoms with Gasteiger partial charge in [0.2, 0.25) is 0 Å². The number of ether oxygens (including phenoxy) is 1. The molecule has 1 aliphatic rings. The first-order valence-electron chi connectivity index (χ1n) is 9.08. The fourth-order valence-electron chi connectivity index (χ4n) is 3.35. The summed E-state index contributed by atoms with van der Waals surface area (Å²) in [6, 6.07) is 8.02. The molecule has 1 amide bonds. The van der Waals surface area contributed by atoms with E-state index in [-0.39, 0.29) is 17.8 Å². The lowest BCUT2D eigenvalue weighted by atomic mass is 9.97. The molecular formula is C20H25N3O3. The van der Waals surface area contributed by atoms with Crippen LogP contribution in [0.1, 0.15) is 41.4 Å². The molecule has 1 fully saturated rings. The Kier molecular flexibility index (Phi) is 5.40. The zero-order chi connectivity index (χ0) is 18.7. The molecule has 1 aliphatic heterocycles. The van der Waals surface area contributed by atoms with Gasteiger partial charge < -0.3 is 9.64 Å². The van der Waals surface area contributed by atoms with Gasteiger partial charge in [0.25, 0.3) is 5.91 Å². The highest BCUT2D eigenvalue weighted by Gasteiger charge is 2.31. The first-order valence-corrected chi connectivity index (χ1v) is 9.08. The number of aromatic nitrogens is 2. The second kappa shape index (κ2) is 7.72. The van der Waals surface area contributed by atoms with Gasteiger partial charge in [0.05, 0.1) is 35.7 Å². The van der Waals surface area contributed by atoms with Gasteiger partial charge in [-0.05, 0) is 45.7 Å². The average Bonchev–Trinajstić information content (AvgIpc) is 3.03. The van der Waals surface area contributed by atoms with E-state index in [0.29, 0.717) is 25.3 Å². The molecule has 0 unspecified atom stereocenters. The Morgan fingerprint density at radius 3 is 2.65 bits per heavy atom. The second-order valence-electron chi connectivity index (χ2n) is 6.73. The number of carbonyl (C=O) groups is 2. The van der Waals surface area contributed by atoms with Crippen molar-refractivity contribution in [1.29, 1.82) is 0 Å². The van der Waals surface area contributed by atoms with Gasteiger partial charge in [-0.25, -0.2) is 4.68 Å². The van der Waals surface area contributed by atoms with Crippen LogP contribution in [0.25, 0.3) is 5.69 Å². The predicted octanol–water partition coefficient (Wildman–Crippen LogP) is 2.90. The maximum absolute atomic E-state index is 13.0. The van der Waals surface area contributed by atoms with Crippen LogP contribution in [0, 0.1) is 19.8 Å². The molecule has 1 saturated heterocycles. The monoisotopic (exact) mass is 355 g/mol. The van der Waals surface area contributed by atoms with Crippen molar-refractivity contribution < 1.29 is 14.3 Å². The Balaban J connectivity index is 1.78. The number of likely N-dealkylation sites (tertiary alicyclic amines) is 1. The molecule has 2 aromatic rings. The summed E-state index contributed by atoms with van der Waals surface area (Å²) in [6.07, 6.45) is 3.19. The number of hydrogen-bond acceptors (Lipinski definition) is 4. The van der Waals surface area contributed by atoms with Crippen molar-refractivity contribution in [2.24, 2.45) is 5.92 Å². The molecule has 1 aromatic heterocycles. The number of hydrogen-bond donors (Lipinski definition) is 0. The molecule has 0 radical (unpaired) electrons. The number of nitrogens with zero attached hydrogens (tertiary/aromatic N) is 3. The highest BCUT2D eigenvalue weighted by Crippen LogP contribution is 2.22. The third-order valence-electron chi connectivity index (χ3n) is 4.85. The Morgan fingerprint density at radius 1 is 1.23 bits per heavy atom. The summed E-state index contributed by atoms with van der Waals surface area (Å²) in [4.78, 5) is 26.7. The molecule has 138 valence electrons. The number of carbonyl (C=O) groups excluding carboxylic acids is 2. The maximum Gasteiger partial charge on any atom is 0.310 e. The third kappa shape index (κ3) is 3.64. The van der Waals surface area contributed by atoms with Crippen molar-refractivity contribution in [2.75, 3.05) is 19.7 Å². The van der Waals surface area contributed by atoms with Crippen LogP contribution in [0.4, 0.5) is 0 Å². The molecule has 6 nitrogen and oxygen atoms in total. The highest BCUT2D eigenvalue weighted by atomic mass is 16.5. The second-order valence-corrected chi connectivity index (χ2v) is 6.73. The molecule has 26 heavy (non-hydrogen) atoms. The van der Waals surface area contributed by atoms with E-state index in [9.17, 15) is 9.59 Å². The summed E-state index contributed by atoms with van der Waals surface area (Å²) in [7, 11) is 0. The van der Waals surface area contributed by atoms with Crippen LogP contribution in [0.5, 0.6) is 0 Å². The van der Waals surface area contributed by atoms with E-state index in [4.69, 9.17) is 4.74 Å². The molecule has 1 aromatic carbocycles. The molecule has 3 rings (SSSR count). The Bertz CT molecular complexity index is 795. The smallest absolute Gasteiger partial charge is 0.310 e. The van der Waals surface area contributed by atoms with Crippen LogP contribution >= 0.6 is 0 Å². The summed E-state index contributed by atoms with van der Waals surface area (Å²) >= 11 is 0. The minimum atomic E-state index is -0.236. The van der Waals surface area contributed by atoms with Crippen molar-refractivity contribution in [3.63, 3.8) is 0 Å². The number of benzene rings is 1. The van der Waals surface area contributed by atoms with Crippen LogP contribution < -0.4 is 0 Å². The molecule has 2 heterocycles. The molecule has 6 heteroatoms. The molecular weight excluding hydrogens is 330 g/mol. The van der Waals surface area contributed by atoms with E-state index in [2.05, 4.69) is 5.10 Å². The largest absolute Gasteiger partial charge is 0.466 e. The third-order valence-corrected chi connectivity index (χ3v) is 4.85. The first-order chi connectivity index (χ1) is 12.5. The van der Waals surface area contributed by atoms with Crippen LogP contribution in [-0.2, 0) is 9.53 Å². The average molecular weight is 355 g/mol. The standard InChI is InChI=1S/C20H25N3O3/c1-4-26-20(25)16-6-5-11-22(13-16)19(24)18-12-21-23(15(18)3)17-9-7-14(2)8-10-17/h7-10,12,16H,4-6,11,13H2,1-3H3/t16-/m0/s1. The molecule has 0 bridgehead atoms. The lowest BCUT2D eigenvalue weighted by molar-refractivity contribution is -0.149. The molecule has 0 spiro atoms. The number of aryl methyl sites for hydroxylation is 1. The van der Waals surface area contributed by atoms with Gasteiger partial charge in [-0.3, -0.25) is 9.59 Å². The van der Waals surface area contributed by atoms with Gasteiger partial charge in [0.15, 0.2) is 0 Å². The fourth-order valence-corrected chi connectivity index (χ4v) is 3.35. The zero-order valence-electron chi connectivity index (χ0n) is 15.6. The number of piperidine rings is 1. The first kappa shape index (κ1) is 18.2. The predicted molar refractivity (Wildman–Crippen MR) is 98.3 cm³/mol. The van der Waals surface area contributed by atoms with E-state index < -0.39 is 0 Å². The molecule has 0 saturated carbocycles. The van der Waals surface area contributed by atoms with Crippen molar-refractivity contribution >= 4 is 11.9 Å². The van der Waals surface area contributed by atoms with Crippen molar-refractivity contribution in [2.45, 2.75) is 33.6 Å². The van der Waals surface area contributed by atoms with E-state index in [1.165, 1.54) is 5.56 Å². The van der Waals surface area contributed by atoms with Crippen LogP contribution in [-0.4, -0.2) is 46.3 Å². The van der Waals surface area contributed by atoms with Gasteiger partial charge in [-0.15, -0.1) is 0 Å². The summed E-state index contributed by atoms with van der Waals surface area (Å²) in [6.45, 7) is 7.16. The molecule has 0 N–H and O–H groups in total. The van der Waals surface area contributed by atoms with E-state index in [1.807, 2.05) is 38.1 Å². The van der Waals surface area contributed by atoms with Crippen LogP contribution in [0.3, 0.4) is 0 Å². The highest BCUT2D eigenvalue weighted by molar-refractivity contribution is 5.95. The van der Waals surface area contributed by atoms with Gasteiger partial charge in [0, 0.05) is 13.1 Å². The minimum absolute atomic E-state index is 0.0742. The summed E-state index contributed by atoms with van der Waals surface area (Å²) in [5, 5.41) is 4.39. The number of esters is 1. The maximum atomic E-state index is 13.0. The van der Waals surface area contributed by atoms with E-state index in [0.717, 1.165) is 24.2 Å². The summed E-state index contributed by atoms with van der Waals surface area (Å²) in [5.41, 5.74) is 3.48. The van der Waals surface area contributed by atoms with Gasteiger partial charge in [0.1, 0.15) is 0 Å².